The highest BCUT2D eigenvalue weighted by molar-refractivity contribution is 6.35. The van der Waals surface area contributed by atoms with Crippen molar-refractivity contribution < 1.29 is 14.3 Å². The van der Waals surface area contributed by atoms with Crippen molar-refractivity contribution in [3.63, 3.8) is 0 Å². The van der Waals surface area contributed by atoms with Crippen molar-refractivity contribution in [1.82, 2.24) is 14.8 Å². The minimum atomic E-state index is -0.247. The van der Waals surface area contributed by atoms with Gasteiger partial charge in [-0.1, -0.05) is 39.0 Å². The highest BCUT2D eigenvalue weighted by atomic mass is 16.5. The monoisotopic (exact) mass is 433 g/mol. The number of nitrogens with zero attached hydrogens (tertiary/aromatic N) is 3. The molecule has 2 aliphatic rings. The van der Waals surface area contributed by atoms with Gasteiger partial charge in [-0.3, -0.25) is 19.5 Å². The molecule has 1 aromatic heterocycles. The van der Waals surface area contributed by atoms with Crippen molar-refractivity contribution in [2.45, 2.75) is 40.2 Å². The Morgan fingerprint density at radius 2 is 1.78 bits per heavy atom. The molecular formula is C26H31N3O3. The molecule has 0 radical (unpaired) electrons. The highest BCUT2D eigenvalue weighted by Crippen LogP contribution is 2.35. The van der Waals surface area contributed by atoms with Crippen LogP contribution in [-0.2, 0) is 16.1 Å². The second-order valence-electron chi connectivity index (χ2n) is 9.18. The zero-order valence-electron chi connectivity index (χ0n) is 19.1. The number of aromatic nitrogens is 1. The summed E-state index contributed by atoms with van der Waals surface area (Å²) in [4.78, 5) is 34.6. The molecule has 1 aromatic carbocycles. The van der Waals surface area contributed by atoms with Crippen LogP contribution in [0, 0.1) is 11.8 Å². The van der Waals surface area contributed by atoms with E-state index in [1.807, 2.05) is 36.4 Å². The lowest BCUT2D eigenvalue weighted by atomic mass is 9.97. The molecule has 0 saturated carbocycles. The summed E-state index contributed by atoms with van der Waals surface area (Å²) in [6.45, 7) is 8.87. The Morgan fingerprint density at radius 1 is 1.06 bits per heavy atom. The second-order valence-corrected chi connectivity index (χ2v) is 9.18. The average molecular weight is 434 g/mol. The maximum absolute atomic E-state index is 13.5. The lowest BCUT2D eigenvalue weighted by molar-refractivity contribution is -0.138. The van der Waals surface area contributed by atoms with Crippen molar-refractivity contribution in [2.75, 3.05) is 19.7 Å². The molecule has 2 aliphatic heterocycles. The maximum Gasteiger partial charge on any atom is 0.278 e. The number of rotatable bonds is 7. The maximum atomic E-state index is 13.5. The highest BCUT2D eigenvalue weighted by Gasteiger charge is 2.42. The van der Waals surface area contributed by atoms with Gasteiger partial charge in [-0.05, 0) is 54.0 Å². The third-order valence-electron chi connectivity index (χ3n) is 6.03. The minimum Gasteiger partial charge on any atom is -0.493 e. The van der Waals surface area contributed by atoms with Crippen molar-refractivity contribution in [2.24, 2.45) is 11.8 Å². The fourth-order valence-electron chi connectivity index (χ4n) is 4.15. The predicted molar refractivity (Wildman–Crippen MR) is 123 cm³/mol. The number of pyridine rings is 1. The molecule has 1 fully saturated rings. The van der Waals surface area contributed by atoms with Crippen molar-refractivity contribution in [1.29, 1.82) is 0 Å². The van der Waals surface area contributed by atoms with E-state index in [2.05, 4.69) is 30.7 Å². The van der Waals surface area contributed by atoms with Crippen LogP contribution in [0.1, 0.15) is 44.7 Å². The molecule has 0 N–H and O–H groups in total. The summed E-state index contributed by atoms with van der Waals surface area (Å²) in [5, 5.41) is 0. The van der Waals surface area contributed by atoms with Crippen molar-refractivity contribution in [3.05, 3.63) is 65.6 Å². The molecule has 32 heavy (non-hydrogen) atoms. The van der Waals surface area contributed by atoms with E-state index in [0.29, 0.717) is 29.7 Å². The van der Waals surface area contributed by atoms with E-state index in [9.17, 15) is 9.59 Å². The molecule has 0 bridgehead atoms. The SMILES string of the molecule is CC(C)COc1ccc(C2=C(N3CCC(C)CC3)C(=O)N(Cc3cccnc3)C2=O)cc1. The molecule has 168 valence electrons. The van der Waals surface area contributed by atoms with Crippen molar-refractivity contribution >= 4 is 17.4 Å². The summed E-state index contributed by atoms with van der Waals surface area (Å²) in [5.41, 5.74) is 2.60. The Hall–Kier alpha value is -3.15. The van der Waals surface area contributed by atoms with Crippen molar-refractivity contribution in [3.8, 4) is 5.75 Å². The van der Waals surface area contributed by atoms with Crippen LogP contribution in [0.5, 0.6) is 5.75 Å². The average Bonchev–Trinajstić information content (AvgIpc) is 3.04. The molecule has 2 amide bonds. The fourth-order valence-corrected chi connectivity index (χ4v) is 4.15. The number of hydrogen-bond donors (Lipinski definition) is 0. The van der Waals surface area contributed by atoms with Crippen LogP contribution >= 0.6 is 0 Å². The van der Waals surface area contributed by atoms with Gasteiger partial charge in [0.15, 0.2) is 0 Å². The molecule has 2 aromatic rings. The molecule has 0 aliphatic carbocycles. The fraction of sp³-hybridized carbons (Fsp3) is 0.423. The molecule has 0 spiro atoms. The number of likely N-dealkylation sites (tertiary alicyclic amines) is 1. The van der Waals surface area contributed by atoms with Crippen LogP contribution in [0.15, 0.2) is 54.5 Å². The number of benzene rings is 1. The molecular weight excluding hydrogens is 402 g/mol. The zero-order chi connectivity index (χ0) is 22.7. The Bertz CT molecular complexity index is 991. The Morgan fingerprint density at radius 3 is 2.41 bits per heavy atom. The van der Waals surface area contributed by atoms with E-state index in [4.69, 9.17) is 4.74 Å². The number of ether oxygens (including phenoxy) is 1. The van der Waals surface area contributed by atoms with Gasteiger partial charge in [-0.25, -0.2) is 0 Å². The van der Waals surface area contributed by atoms with E-state index in [1.54, 1.807) is 12.4 Å². The summed E-state index contributed by atoms with van der Waals surface area (Å²) in [5.74, 6) is 1.36. The van der Waals surface area contributed by atoms with Crippen LogP contribution in [0.25, 0.3) is 5.57 Å². The van der Waals surface area contributed by atoms with E-state index < -0.39 is 0 Å². The Balaban J connectivity index is 1.66. The van der Waals surface area contributed by atoms with Gasteiger partial charge in [0.05, 0.1) is 18.7 Å². The zero-order valence-corrected chi connectivity index (χ0v) is 19.1. The Labute approximate surface area is 189 Å². The van der Waals surface area contributed by atoms with Gasteiger partial charge in [-0.2, -0.15) is 0 Å². The second kappa shape index (κ2) is 9.55. The normalized spacial score (nSPS) is 17.6. The summed E-state index contributed by atoms with van der Waals surface area (Å²) in [7, 11) is 0. The molecule has 6 nitrogen and oxygen atoms in total. The first-order valence-corrected chi connectivity index (χ1v) is 11.4. The third kappa shape index (κ3) is 4.69. The van der Waals surface area contributed by atoms with Crippen LogP contribution in [0.2, 0.25) is 0 Å². The quantitative estimate of drug-likeness (QED) is 0.615. The molecule has 0 atom stereocenters. The van der Waals surface area contributed by atoms with E-state index in [-0.39, 0.29) is 18.4 Å². The van der Waals surface area contributed by atoms with Gasteiger partial charge in [0.2, 0.25) is 0 Å². The summed E-state index contributed by atoms with van der Waals surface area (Å²) in [6.07, 6.45) is 5.41. The first-order chi connectivity index (χ1) is 15.4. The van der Waals surface area contributed by atoms with Gasteiger partial charge in [0.25, 0.3) is 11.8 Å². The van der Waals surface area contributed by atoms with Gasteiger partial charge < -0.3 is 9.64 Å². The molecule has 0 unspecified atom stereocenters. The van der Waals surface area contributed by atoms with Crippen LogP contribution in [-0.4, -0.2) is 46.3 Å². The van der Waals surface area contributed by atoms with Gasteiger partial charge in [0.1, 0.15) is 11.4 Å². The number of hydrogen-bond acceptors (Lipinski definition) is 5. The van der Waals surface area contributed by atoms with Gasteiger partial charge in [0, 0.05) is 25.5 Å². The first-order valence-electron chi connectivity index (χ1n) is 11.4. The van der Waals surface area contributed by atoms with E-state index in [0.717, 1.165) is 42.8 Å². The van der Waals surface area contributed by atoms with E-state index >= 15 is 0 Å². The van der Waals surface area contributed by atoms with Gasteiger partial charge >= 0.3 is 0 Å². The lowest BCUT2D eigenvalue weighted by Crippen LogP contribution is -2.38. The number of imide groups is 1. The smallest absolute Gasteiger partial charge is 0.278 e. The standard InChI is InChI=1S/C26H31N3O3/c1-18(2)17-32-22-8-6-21(7-9-22)23-24(28-13-10-19(3)11-14-28)26(31)29(25(23)30)16-20-5-4-12-27-15-20/h4-9,12,15,18-19H,10-11,13-14,16-17H2,1-3H3. The van der Waals surface area contributed by atoms with E-state index in [1.165, 1.54) is 4.90 Å². The van der Waals surface area contributed by atoms with Crippen LogP contribution in [0.3, 0.4) is 0 Å². The summed E-state index contributed by atoms with van der Waals surface area (Å²) < 4.78 is 5.79. The minimum absolute atomic E-state index is 0.219. The molecule has 3 heterocycles. The predicted octanol–water partition coefficient (Wildman–Crippen LogP) is 4.13. The largest absolute Gasteiger partial charge is 0.493 e. The number of carbonyl (C=O) groups excluding carboxylic acids is 2. The van der Waals surface area contributed by atoms with Crippen LogP contribution < -0.4 is 4.74 Å². The number of piperidine rings is 1. The summed E-state index contributed by atoms with van der Waals surface area (Å²) in [6, 6.07) is 11.2. The molecule has 1 saturated heterocycles. The molecule has 6 heteroatoms. The van der Waals surface area contributed by atoms with Crippen LogP contribution in [0.4, 0.5) is 0 Å². The van der Waals surface area contributed by atoms with Gasteiger partial charge in [-0.15, -0.1) is 0 Å². The molecule has 4 rings (SSSR count). The first kappa shape index (κ1) is 22.1. The number of carbonyl (C=O) groups is 2. The lowest BCUT2D eigenvalue weighted by Gasteiger charge is -2.32. The Kier molecular flexibility index (Phi) is 6.58. The number of amides is 2. The topological polar surface area (TPSA) is 62.7 Å². The third-order valence-corrected chi connectivity index (χ3v) is 6.03. The summed E-state index contributed by atoms with van der Waals surface area (Å²) >= 11 is 0.